The third-order valence-electron chi connectivity index (χ3n) is 2.32. The third-order valence-corrected chi connectivity index (χ3v) is 4.66. The van der Waals surface area contributed by atoms with Crippen LogP contribution in [0.2, 0.25) is 5.02 Å². The molecule has 0 aliphatic carbocycles. The number of nitrogens with one attached hydrogen (secondary N) is 1. The van der Waals surface area contributed by atoms with Crippen LogP contribution in [0.5, 0.6) is 0 Å². The molecule has 0 spiro atoms. The van der Waals surface area contributed by atoms with Crippen LogP contribution in [0, 0.1) is 6.92 Å². The van der Waals surface area contributed by atoms with Gasteiger partial charge in [-0.05, 0) is 36.3 Å². The van der Waals surface area contributed by atoms with Gasteiger partial charge in [0.25, 0.3) is 5.91 Å². The fourth-order valence-corrected chi connectivity index (χ4v) is 2.95. The molecule has 1 atom stereocenters. The van der Waals surface area contributed by atoms with Crippen LogP contribution < -0.4 is 5.32 Å². The quantitative estimate of drug-likeness (QED) is 0.848. The van der Waals surface area contributed by atoms with Gasteiger partial charge in [-0.2, -0.15) is 11.8 Å². The van der Waals surface area contributed by atoms with E-state index in [4.69, 9.17) is 16.7 Å². The first-order chi connectivity index (χ1) is 8.47. The van der Waals surface area contributed by atoms with Crippen molar-refractivity contribution in [3.63, 3.8) is 0 Å². The predicted octanol–water partition coefficient (Wildman–Crippen LogP) is 2.65. The second-order valence-corrected chi connectivity index (χ2v) is 5.95. The number of aliphatic carboxylic acids is 1. The highest BCUT2D eigenvalue weighted by Gasteiger charge is 2.22. The smallest absolute Gasteiger partial charge is 0.326 e. The number of aryl methyl sites for hydroxylation is 1. The van der Waals surface area contributed by atoms with Gasteiger partial charge in [0.1, 0.15) is 10.9 Å². The van der Waals surface area contributed by atoms with Crippen molar-refractivity contribution in [2.24, 2.45) is 0 Å². The first-order valence-electron chi connectivity index (χ1n) is 5.23. The molecular formula is C11H14ClNO3S2. The van der Waals surface area contributed by atoms with Crippen molar-refractivity contribution in [1.29, 1.82) is 0 Å². The van der Waals surface area contributed by atoms with Gasteiger partial charge in [0.05, 0.1) is 5.02 Å². The Labute approximate surface area is 119 Å². The van der Waals surface area contributed by atoms with E-state index in [1.807, 2.05) is 6.26 Å². The van der Waals surface area contributed by atoms with E-state index in [1.165, 1.54) is 23.1 Å². The molecule has 7 heteroatoms. The maximum Gasteiger partial charge on any atom is 0.326 e. The molecule has 1 rings (SSSR count). The Morgan fingerprint density at radius 2 is 2.28 bits per heavy atom. The first kappa shape index (κ1) is 15.3. The number of carboxylic acid groups (broad SMARTS) is 1. The number of halogens is 1. The summed E-state index contributed by atoms with van der Waals surface area (Å²) in [6.07, 6.45) is 2.28. The molecular weight excluding hydrogens is 294 g/mol. The summed E-state index contributed by atoms with van der Waals surface area (Å²) < 4.78 is 0. The lowest BCUT2D eigenvalue weighted by atomic mass is 10.2. The minimum absolute atomic E-state index is 0.365. The Kier molecular flexibility index (Phi) is 5.98. The van der Waals surface area contributed by atoms with E-state index in [0.29, 0.717) is 22.1 Å². The summed E-state index contributed by atoms with van der Waals surface area (Å²) >= 11 is 8.73. The van der Waals surface area contributed by atoms with Gasteiger partial charge in [-0.1, -0.05) is 11.6 Å². The van der Waals surface area contributed by atoms with E-state index in [1.54, 1.807) is 12.3 Å². The number of carbonyl (C=O) groups is 2. The Morgan fingerprint density at radius 1 is 1.61 bits per heavy atom. The highest BCUT2D eigenvalue weighted by atomic mass is 35.5. The molecule has 0 aromatic carbocycles. The number of thioether (sulfide) groups is 1. The zero-order valence-corrected chi connectivity index (χ0v) is 12.4. The van der Waals surface area contributed by atoms with Gasteiger partial charge in [0, 0.05) is 0 Å². The minimum Gasteiger partial charge on any atom is -0.480 e. The number of hydrogen-bond donors (Lipinski definition) is 2. The van der Waals surface area contributed by atoms with Crippen LogP contribution in [0.25, 0.3) is 0 Å². The number of thiophene rings is 1. The number of hydrogen-bond acceptors (Lipinski definition) is 4. The highest BCUT2D eigenvalue weighted by Crippen LogP contribution is 2.27. The number of amides is 1. The molecule has 0 aliphatic rings. The minimum atomic E-state index is -1.03. The molecule has 2 N–H and O–H groups in total. The largest absolute Gasteiger partial charge is 0.480 e. The summed E-state index contributed by atoms with van der Waals surface area (Å²) in [4.78, 5) is 23.3. The SMILES string of the molecule is CSCCC(NC(=O)c1scc(C)c1Cl)C(=O)O. The predicted molar refractivity (Wildman–Crippen MR) is 76.0 cm³/mol. The lowest BCUT2D eigenvalue weighted by Gasteiger charge is -2.13. The van der Waals surface area contributed by atoms with Crippen molar-refractivity contribution in [2.45, 2.75) is 19.4 Å². The van der Waals surface area contributed by atoms with Crippen molar-refractivity contribution in [1.82, 2.24) is 5.32 Å². The van der Waals surface area contributed by atoms with Gasteiger partial charge in [-0.15, -0.1) is 11.3 Å². The molecule has 0 bridgehead atoms. The van der Waals surface area contributed by atoms with Crippen molar-refractivity contribution in [2.75, 3.05) is 12.0 Å². The maximum atomic E-state index is 11.9. The zero-order chi connectivity index (χ0) is 13.7. The summed E-state index contributed by atoms with van der Waals surface area (Å²) in [5, 5.41) is 13.7. The van der Waals surface area contributed by atoms with Gasteiger partial charge in [0.15, 0.2) is 0 Å². The molecule has 1 amide bonds. The molecule has 1 unspecified atom stereocenters. The van der Waals surface area contributed by atoms with Crippen LogP contribution in [0.4, 0.5) is 0 Å². The Morgan fingerprint density at radius 3 is 2.72 bits per heavy atom. The number of rotatable bonds is 6. The lowest BCUT2D eigenvalue weighted by Crippen LogP contribution is -2.41. The van der Waals surface area contributed by atoms with Crippen LogP contribution in [0.3, 0.4) is 0 Å². The summed E-state index contributed by atoms with van der Waals surface area (Å²) in [6, 6.07) is -0.872. The number of carbonyl (C=O) groups excluding carboxylic acids is 1. The standard InChI is InChI=1S/C11H14ClNO3S2/c1-6-5-18-9(8(6)12)10(14)13-7(11(15)16)3-4-17-2/h5,7H,3-4H2,1-2H3,(H,13,14)(H,15,16). The molecule has 0 saturated carbocycles. The summed E-state index contributed by atoms with van der Waals surface area (Å²) in [5.74, 6) is -0.776. The van der Waals surface area contributed by atoms with Gasteiger partial charge in [-0.25, -0.2) is 4.79 Å². The molecule has 100 valence electrons. The maximum absolute atomic E-state index is 11.9. The average molecular weight is 308 g/mol. The average Bonchev–Trinajstić information content (AvgIpc) is 2.65. The Bertz CT molecular complexity index is 447. The summed E-state index contributed by atoms with van der Waals surface area (Å²) in [7, 11) is 0. The van der Waals surface area contributed by atoms with Crippen LogP contribution in [0.15, 0.2) is 5.38 Å². The summed E-state index contributed by atoms with van der Waals surface area (Å²) in [5.41, 5.74) is 0.822. The number of carboxylic acids is 1. The topological polar surface area (TPSA) is 66.4 Å². The van der Waals surface area contributed by atoms with Crippen LogP contribution >= 0.6 is 34.7 Å². The molecule has 1 heterocycles. The molecule has 0 saturated heterocycles. The third kappa shape index (κ3) is 3.90. The van der Waals surface area contributed by atoms with Gasteiger partial charge >= 0.3 is 5.97 Å². The normalized spacial score (nSPS) is 12.2. The van der Waals surface area contributed by atoms with Crippen LogP contribution in [0.1, 0.15) is 21.7 Å². The van der Waals surface area contributed by atoms with E-state index in [9.17, 15) is 9.59 Å². The molecule has 18 heavy (non-hydrogen) atoms. The fourth-order valence-electron chi connectivity index (χ4n) is 1.30. The van der Waals surface area contributed by atoms with Crippen LogP contribution in [-0.2, 0) is 4.79 Å². The molecule has 4 nitrogen and oxygen atoms in total. The van der Waals surface area contributed by atoms with E-state index >= 15 is 0 Å². The van der Waals surface area contributed by atoms with E-state index in [0.717, 1.165) is 5.56 Å². The first-order valence-corrected chi connectivity index (χ1v) is 7.88. The molecule has 0 radical (unpaired) electrons. The Hall–Kier alpha value is -0.720. The fraction of sp³-hybridized carbons (Fsp3) is 0.455. The summed E-state index contributed by atoms with van der Waals surface area (Å²) in [6.45, 7) is 1.80. The van der Waals surface area contributed by atoms with E-state index < -0.39 is 17.9 Å². The monoisotopic (exact) mass is 307 g/mol. The van der Waals surface area contributed by atoms with Gasteiger partial charge < -0.3 is 10.4 Å². The molecule has 1 aromatic heterocycles. The molecule has 0 fully saturated rings. The van der Waals surface area contributed by atoms with Crippen LogP contribution in [-0.4, -0.2) is 35.0 Å². The van der Waals surface area contributed by atoms with Gasteiger partial charge in [0.2, 0.25) is 0 Å². The van der Waals surface area contributed by atoms with Gasteiger partial charge in [-0.3, -0.25) is 4.79 Å². The van der Waals surface area contributed by atoms with Crippen molar-refractivity contribution < 1.29 is 14.7 Å². The second-order valence-electron chi connectivity index (χ2n) is 3.71. The molecule has 1 aromatic rings. The van der Waals surface area contributed by atoms with E-state index in [-0.39, 0.29) is 0 Å². The second kappa shape index (κ2) is 7.01. The molecule has 0 aliphatic heterocycles. The van der Waals surface area contributed by atoms with Crippen molar-refractivity contribution in [3.8, 4) is 0 Å². The highest BCUT2D eigenvalue weighted by molar-refractivity contribution is 7.98. The Balaban J connectivity index is 2.72. The van der Waals surface area contributed by atoms with E-state index in [2.05, 4.69) is 5.32 Å². The van der Waals surface area contributed by atoms with Crippen molar-refractivity contribution >= 4 is 46.6 Å². The van der Waals surface area contributed by atoms with Crippen molar-refractivity contribution in [3.05, 3.63) is 20.8 Å². The lowest BCUT2D eigenvalue weighted by molar-refractivity contribution is -0.139. The zero-order valence-electron chi connectivity index (χ0n) is 10.0.